The van der Waals surface area contributed by atoms with Crippen LogP contribution in [0.15, 0.2) is 0 Å². The summed E-state index contributed by atoms with van der Waals surface area (Å²) < 4.78 is 5.59. The van der Waals surface area contributed by atoms with E-state index in [0.717, 1.165) is 44.8 Å². The van der Waals surface area contributed by atoms with Gasteiger partial charge in [-0.3, -0.25) is 4.90 Å². The van der Waals surface area contributed by atoms with E-state index in [1.165, 1.54) is 32.4 Å². The molecule has 4 nitrogen and oxygen atoms in total. The van der Waals surface area contributed by atoms with Gasteiger partial charge in [-0.25, -0.2) is 0 Å². The van der Waals surface area contributed by atoms with Crippen LogP contribution in [0.4, 0.5) is 0 Å². The fourth-order valence-electron chi connectivity index (χ4n) is 4.00. The molecule has 3 aliphatic rings. The van der Waals surface area contributed by atoms with Crippen molar-refractivity contribution in [2.45, 2.75) is 37.8 Å². The van der Waals surface area contributed by atoms with Crippen molar-refractivity contribution in [3.8, 4) is 0 Å². The van der Waals surface area contributed by atoms with Gasteiger partial charge in [0, 0.05) is 43.7 Å². The van der Waals surface area contributed by atoms with Crippen molar-refractivity contribution < 1.29 is 4.74 Å². The minimum absolute atomic E-state index is 0.238. The molecule has 3 rings (SSSR count). The van der Waals surface area contributed by atoms with Crippen LogP contribution < -0.4 is 5.73 Å². The fourth-order valence-corrected chi connectivity index (χ4v) is 4.00. The minimum atomic E-state index is 0.238. The van der Waals surface area contributed by atoms with Crippen molar-refractivity contribution in [2.75, 3.05) is 46.4 Å². The Morgan fingerprint density at radius 2 is 2.11 bits per heavy atom. The van der Waals surface area contributed by atoms with Gasteiger partial charge in [0.25, 0.3) is 0 Å². The summed E-state index contributed by atoms with van der Waals surface area (Å²) in [6.07, 6.45) is 5.25. The van der Waals surface area contributed by atoms with Crippen LogP contribution in [0.25, 0.3) is 0 Å². The predicted molar refractivity (Wildman–Crippen MR) is 72.6 cm³/mol. The summed E-state index contributed by atoms with van der Waals surface area (Å²) in [6.45, 7) is 6.15. The fraction of sp³-hybridized carbons (Fsp3) is 1.00. The molecule has 0 aromatic rings. The maximum absolute atomic E-state index is 6.01. The molecule has 3 saturated heterocycles. The number of nitrogens with zero attached hydrogens (tertiary/aromatic N) is 2. The summed E-state index contributed by atoms with van der Waals surface area (Å²) >= 11 is 0. The Hall–Kier alpha value is -0.160. The van der Waals surface area contributed by atoms with Crippen molar-refractivity contribution in [2.24, 2.45) is 11.1 Å². The number of likely N-dealkylation sites (N-methyl/N-ethyl adjacent to an activating group) is 1. The standard InChI is InChI=1S/C14H27N3O/c1-16-12-2-3-13(16)8-17(6-4-12)10-14(9-15)5-7-18-11-14/h12-13H,2-11,15H2,1H3. The number of rotatable bonds is 3. The number of hydrogen-bond acceptors (Lipinski definition) is 4. The summed E-state index contributed by atoms with van der Waals surface area (Å²) in [4.78, 5) is 5.27. The molecule has 0 aliphatic carbocycles. The Morgan fingerprint density at radius 1 is 1.28 bits per heavy atom. The third-order valence-electron chi connectivity index (χ3n) is 5.41. The zero-order valence-electron chi connectivity index (χ0n) is 11.6. The van der Waals surface area contributed by atoms with Gasteiger partial charge < -0.3 is 15.4 Å². The van der Waals surface area contributed by atoms with Crippen molar-refractivity contribution in [3.63, 3.8) is 0 Å². The first-order valence-corrected chi connectivity index (χ1v) is 7.45. The van der Waals surface area contributed by atoms with E-state index in [2.05, 4.69) is 16.8 Å². The lowest BCUT2D eigenvalue weighted by Crippen LogP contribution is -2.46. The van der Waals surface area contributed by atoms with Crippen LogP contribution in [0.5, 0.6) is 0 Å². The smallest absolute Gasteiger partial charge is 0.0547 e. The van der Waals surface area contributed by atoms with Crippen molar-refractivity contribution in [3.05, 3.63) is 0 Å². The number of hydrogen-bond donors (Lipinski definition) is 1. The Labute approximate surface area is 110 Å². The van der Waals surface area contributed by atoms with E-state index in [9.17, 15) is 0 Å². The Bertz CT molecular complexity index is 291. The molecule has 3 aliphatic heterocycles. The number of likely N-dealkylation sites (tertiary alicyclic amines) is 1. The molecule has 18 heavy (non-hydrogen) atoms. The molecule has 0 aromatic carbocycles. The van der Waals surface area contributed by atoms with Crippen LogP contribution in [0.1, 0.15) is 25.7 Å². The molecular weight excluding hydrogens is 226 g/mol. The summed E-state index contributed by atoms with van der Waals surface area (Å²) in [5.74, 6) is 0. The van der Waals surface area contributed by atoms with Crippen LogP contribution in [0.3, 0.4) is 0 Å². The van der Waals surface area contributed by atoms with E-state index in [0.29, 0.717) is 0 Å². The first kappa shape index (κ1) is 12.9. The molecule has 0 aromatic heterocycles. The first-order valence-electron chi connectivity index (χ1n) is 7.45. The highest BCUT2D eigenvalue weighted by molar-refractivity contribution is 4.94. The number of ether oxygens (including phenoxy) is 1. The quantitative estimate of drug-likeness (QED) is 0.796. The van der Waals surface area contributed by atoms with Crippen LogP contribution >= 0.6 is 0 Å². The van der Waals surface area contributed by atoms with Crippen molar-refractivity contribution in [1.82, 2.24) is 9.80 Å². The maximum Gasteiger partial charge on any atom is 0.0547 e. The van der Waals surface area contributed by atoms with Gasteiger partial charge in [-0.1, -0.05) is 0 Å². The van der Waals surface area contributed by atoms with Gasteiger partial charge in [0.15, 0.2) is 0 Å². The Morgan fingerprint density at radius 3 is 2.83 bits per heavy atom. The average molecular weight is 253 g/mol. The third kappa shape index (κ3) is 2.31. The third-order valence-corrected chi connectivity index (χ3v) is 5.41. The number of nitrogens with two attached hydrogens (primary N) is 1. The Kier molecular flexibility index (Phi) is 3.63. The molecule has 0 saturated carbocycles. The molecule has 3 unspecified atom stereocenters. The monoisotopic (exact) mass is 253 g/mol. The summed E-state index contributed by atoms with van der Waals surface area (Å²) in [5.41, 5.74) is 6.25. The Balaban J connectivity index is 1.63. The lowest BCUT2D eigenvalue weighted by atomic mass is 9.86. The summed E-state index contributed by atoms with van der Waals surface area (Å²) in [5, 5.41) is 0. The van der Waals surface area contributed by atoms with E-state index in [1.54, 1.807) is 0 Å². The second-order valence-corrected chi connectivity index (χ2v) is 6.58. The van der Waals surface area contributed by atoms with E-state index < -0.39 is 0 Å². The lowest BCUT2D eigenvalue weighted by Gasteiger charge is -2.34. The maximum atomic E-state index is 6.01. The van der Waals surface area contributed by atoms with Gasteiger partial charge in [0.05, 0.1) is 6.61 Å². The first-order chi connectivity index (χ1) is 8.72. The molecule has 104 valence electrons. The second-order valence-electron chi connectivity index (χ2n) is 6.58. The minimum Gasteiger partial charge on any atom is -0.381 e. The van der Waals surface area contributed by atoms with Crippen LogP contribution in [0.2, 0.25) is 0 Å². The molecule has 4 heteroatoms. The topological polar surface area (TPSA) is 41.7 Å². The van der Waals surface area contributed by atoms with E-state index in [1.807, 2.05) is 0 Å². The van der Waals surface area contributed by atoms with Gasteiger partial charge in [-0.15, -0.1) is 0 Å². The zero-order chi connectivity index (χ0) is 12.6. The summed E-state index contributed by atoms with van der Waals surface area (Å²) in [6, 6.07) is 1.60. The van der Waals surface area contributed by atoms with Crippen molar-refractivity contribution in [1.29, 1.82) is 0 Å². The predicted octanol–water partition coefficient (Wildman–Crippen LogP) is 0.520. The normalized spacial score (nSPS) is 42.3. The second kappa shape index (κ2) is 5.08. The molecular formula is C14H27N3O. The molecule has 0 spiro atoms. The summed E-state index contributed by atoms with van der Waals surface area (Å²) in [7, 11) is 2.31. The van der Waals surface area contributed by atoms with Gasteiger partial charge in [-0.2, -0.15) is 0 Å². The average Bonchev–Trinajstić information content (AvgIpc) is 2.90. The van der Waals surface area contributed by atoms with Gasteiger partial charge in [-0.05, 0) is 39.3 Å². The molecule has 3 heterocycles. The zero-order valence-corrected chi connectivity index (χ0v) is 11.6. The van der Waals surface area contributed by atoms with E-state index >= 15 is 0 Å². The van der Waals surface area contributed by atoms with E-state index in [4.69, 9.17) is 10.5 Å². The van der Waals surface area contributed by atoms with Crippen LogP contribution in [-0.2, 0) is 4.74 Å². The molecule has 3 fully saturated rings. The molecule has 0 amide bonds. The molecule has 3 atom stereocenters. The van der Waals surface area contributed by atoms with Crippen molar-refractivity contribution >= 4 is 0 Å². The van der Waals surface area contributed by atoms with Crippen LogP contribution in [-0.4, -0.2) is 68.3 Å². The lowest BCUT2D eigenvalue weighted by molar-refractivity contribution is 0.109. The molecule has 2 N–H and O–H groups in total. The molecule has 0 radical (unpaired) electrons. The van der Waals surface area contributed by atoms with Crippen LogP contribution in [0, 0.1) is 5.41 Å². The van der Waals surface area contributed by atoms with Gasteiger partial charge in [0.1, 0.15) is 0 Å². The highest BCUT2D eigenvalue weighted by atomic mass is 16.5. The number of fused-ring (bicyclic) bond motifs is 2. The largest absolute Gasteiger partial charge is 0.381 e. The van der Waals surface area contributed by atoms with Gasteiger partial charge in [0.2, 0.25) is 0 Å². The molecule has 2 bridgehead atoms. The van der Waals surface area contributed by atoms with E-state index in [-0.39, 0.29) is 5.41 Å². The van der Waals surface area contributed by atoms with Gasteiger partial charge >= 0.3 is 0 Å². The SMILES string of the molecule is CN1C2CCC1CN(CC1(CN)CCOC1)CC2. The highest BCUT2D eigenvalue weighted by Gasteiger charge is 2.39. The highest BCUT2D eigenvalue weighted by Crippen LogP contribution is 2.32.